The number of anilines is 1. The second-order valence-electron chi connectivity index (χ2n) is 7.34. The van der Waals surface area contributed by atoms with Crippen molar-refractivity contribution in [3.8, 4) is 11.5 Å². The number of carbonyl (C=O) groups is 1. The highest BCUT2D eigenvalue weighted by Crippen LogP contribution is 2.42. The summed E-state index contributed by atoms with van der Waals surface area (Å²) in [5.74, 6) is 1.76. The zero-order valence-electron chi connectivity index (χ0n) is 16.4. The van der Waals surface area contributed by atoms with Crippen LogP contribution in [0.2, 0.25) is 0 Å². The lowest BCUT2D eigenvalue weighted by Gasteiger charge is -2.39. The lowest BCUT2D eigenvalue weighted by molar-refractivity contribution is -0.105. The number of nitrogens with one attached hydrogen (secondary N) is 1. The number of nitrogens with zero attached hydrogens (tertiary/aromatic N) is 2. The third-order valence-corrected chi connectivity index (χ3v) is 5.65. The number of fused-ring (bicyclic) bond motifs is 3. The van der Waals surface area contributed by atoms with E-state index in [9.17, 15) is 4.79 Å². The van der Waals surface area contributed by atoms with Gasteiger partial charge in [-0.3, -0.25) is 9.79 Å². The molecule has 0 aromatic heterocycles. The number of rotatable bonds is 5. The molecule has 146 valence electrons. The predicted molar refractivity (Wildman–Crippen MR) is 110 cm³/mol. The van der Waals surface area contributed by atoms with Crippen LogP contribution < -0.4 is 14.8 Å². The van der Waals surface area contributed by atoms with Gasteiger partial charge < -0.3 is 19.7 Å². The first kappa shape index (κ1) is 18.5. The van der Waals surface area contributed by atoms with E-state index in [-0.39, 0.29) is 6.04 Å². The van der Waals surface area contributed by atoms with Crippen molar-refractivity contribution in [1.29, 1.82) is 0 Å². The average Bonchev–Trinajstić information content (AvgIpc) is 2.72. The molecule has 6 nitrogen and oxygen atoms in total. The van der Waals surface area contributed by atoms with Gasteiger partial charge in [-0.15, -0.1) is 0 Å². The summed E-state index contributed by atoms with van der Waals surface area (Å²) in [5.41, 5.74) is 4.99. The largest absolute Gasteiger partial charge is 0.493 e. The quantitative estimate of drug-likeness (QED) is 0.812. The maximum Gasteiger partial charge on any atom is 0.211 e. The van der Waals surface area contributed by atoms with E-state index in [0.717, 1.165) is 47.8 Å². The molecule has 0 aliphatic carbocycles. The molecule has 2 heterocycles. The first-order chi connectivity index (χ1) is 13.6. The van der Waals surface area contributed by atoms with Crippen LogP contribution in [0.5, 0.6) is 11.5 Å². The van der Waals surface area contributed by atoms with Crippen LogP contribution in [0.15, 0.2) is 41.4 Å². The zero-order valence-corrected chi connectivity index (χ0v) is 16.4. The first-order valence-corrected chi connectivity index (χ1v) is 9.48. The van der Waals surface area contributed by atoms with Gasteiger partial charge in [0.05, 0.1) is 26.0 Å². The summed E-state index contributed by atoms with van der Waals surface area (Å²) < 4.78 is 11.1. The molecule has 1 fully saturated rings. The van der Waals surface area contributed by atoms with Crippen LogP contribution in [0.1, 0.15) is 29.0 Å². The van der Waals surface area contributed by atoms with Crippen LogP contribution in [-0.2, 0) is 4.79 Å². The summed E-state index contributed by atoms with van der Waals surface area (Å²) in [5, 5.41) is 2.73. The third kappa shape index (κ3) is 3.24. The highest BCUT2D eigenvalue weighted by atomic mass is 16.5. The van der Waals surface area contributed by atoms with E-state index in [1.54, 1.807) is 14.2 Å². The number of piperidine rings is 1. The van der Waals surface area contributed by atoms with E-state index >= 15 is 0 Å². The molecule has 2 aliphatic heterocycles. The molecule has 2 aliphatic rings. The van der Waals surface area contributed by atoms with E-state index < -0.39 is 0 Å². The minimum absolute atomic E-state index is 0.236. The van der Waals surface area contributed by atoms with Crippen molar-refractivity contribution >= 4 is 17.8 Å². The molecule has 1 N–H and O–H groups in total. The van der Waals surface area contributed by atoms with Gasteiger partial charge in [0.25, 0.3) is 0 Å². The van der Waals surface area contributed by atoms with E-state index in [1.807, 2.05) is 30.3 Å². The maximum absolute atomic E-state index is 10.9. The van der Waals surface area contributed by atoms with Crippen molar-refractivity contribution in [3.05, 3.63) is 53.1 Å². The lowest BCUT2D eigenvalue weighted by atomic mass is 9.79. The smallest absolute Gasteiger partial charge is 0.211 e. The first-order valence-electron chi connectivity index (χ1n) is 9.48. The van der Waals surface area contributed by atoms with E-state index in [0.29, 0.717) is 18.1 Å². The number of likely N-dealkylation sites (N-methyl/N-ethyl adjacent to an activating group) is 1. The fraction of sp³-hybridized carbons (Fsp3) is 0.364. The van der Waals surface area contributed by atoms with Crippen molar-refractivity contribution in [2.75, 3.05) is 39.7 Å². The Balaban J connectivity index is 1.88. The van der Waals surface area contributed by atoms with Gasteiger partial charge in [-0.05, 0) is 49.8 Å². The van der Waals surface area contributed by atoms with E-state index in [2.05, 4.69) is 23.3 Å². The molecule has 0 unspecified atom stereocenters. The van der Waals surface area contributed by atoms with Gasteiger partial charge in [0.2, 0.25) is 6.41 Å². The topological polar surface area (TPSA) is 63.2 Å². The predicted octanol–water partition coefficient (Wildman–Crippen LogP) is 2.91. The molecule has 2 atom stereocenters. The van der Waals surface area contributed by atoms with Gasteiger partial charge >= 0.3 is 0 Å². The Hall–Kier alpha value is -2.86. The van der Waals surface area contributed by atoms with Crippen molar-refractivity contribution in [1.82, 2.24) is 4.90 Å². The summed E-state index contributed by atoms with van der Waals surface area (Å²) >= 11 is 0. The highest BCUT2D eigenvalue weighted by molar-refractivity contribution is 6.15. The molecular formula is C22H25N3O3. The number of hydrogen-bond donors (Lipinski definition) is 1. The number of amides is 1. The van der Waals surface area contributed by atoms with Gasteiger partial charge in [0.15, 0.2) is 11.5 Å². The van der Waals surface area contributed by atoms with Gasteiger partial charge in [0, 0.05) is 29.3 Å². The Bertz CT molecular complexity index is 925. The summed E-state index contributed by atoms with van der Waals surface area (Å²) in [6, 6.07) is 12.2. The van der Waals surface area contributed by atoms with Gasteiger partial charge in [-0.1, -0.05) is 12.1 Å². The molecule has 0 spiro atoms. The van der Waals surface area contributed by atoms with Crippen molar-refractivity contribution in [3.63, 3.8) is 0 Å². The van der Waals surface area contributed by atoms with Crippen molar-refractivity contribution in [2.24, 2.45) is 4.99 Å². The number of methoxy groups -OCH3 is 2. The van der Waals surface area contributed by atoms with Gasteiger partial charge in [-0.25, -0.2) is 0 Å². The zero-order chi connectivity index (χ0) is 19.7. The summed E-state index contributed by atoms with van der Waals surface area (Å²) in [6.07, 6.45) is 1.71. The second-order valence-corrected chi connectivity index (χ2v) is 7.34. The van der Waals surface area contributed by atoms with Crippen LogP contribution >= 0.6 is 0 Å². The second kappa shape index (κ2) is 7.64. The van der Waals surface area contributed by atoms with Crippen LogP contribution in [0.25, 0.3) is 0 Å². The van der Waals surface area contributed by atoms with Gasteiger partial charge in [0.1, 0.15) is 0 Å². The Labute approximate surface area is 165 Å². The Morgan fingerprint density at radius 3 is 2.71 bits per heavy atom. The standard InChI is InChI=1S/C22H25N3O3/c1-25-8-7-19-18(12-25)16-10-20(27-2)21(28-3)11-17(16)22(24-19)14-5-4-6-15(9-14)23-13-26/h4-6,9-11,13,18-19H,7-8,12H2,1-3H3,(H,23,26)/t18-,19-/m0/s1. The molecule has 0 radical (unpaired) electrons. The number of likely N-dealkylation sites (tertiary alicyclic amines) is 1. The minimum Gasteiger partial charge on any atom is -0.493 e. The van der Waals surface area contributed by atoms with Crippen molar-refractivity contribution in [2.45, 2.75) is 18.4 Å². The summed E-state index contributed by atoms with van der Waals surface area (Å²) in [4.78, 5) is 18.4. The molecule has 2 aromatic rings. The number of aliphatic imine (C=N–C) groups is 1. The Morgan fingerprint density at radius 2 is 1.96 bits per heavy atom. The number of ether oxygens (including phenoxy) is 2. The monoisotopic (exact) mass is 379 g/mol. The lowest BCUT2D eigenvalue weighted by Crippen LogP contribution is -2.41. The van der Waals surface area contributed by atoms with Crippen molar-refractivity contribution < 1.29 is 14.3 Å². The molecule has 2 aromatic carbocycles. The molecule has 1 saturated heterocycles. The fourth-order valence-electron chi connectivity index (χ4n) is 4.26. The van der Waals surface area contributed by atoms with E-state index in [1.165, 1.54) is 5.56 Å². The van der Waals surface area contributed by atoms with Crippen LogP contribution in [0, 0.1) is 0 Å². The number of hydrogen-bond acceptors (Lipinski definition) is 5. The third-order valence-electron chi connectivity index (χ3n) is 5.65. The average molecular weight is 379 g/mol. The molecule has 4 rings (SSSR count). The van der Waals surface area contributed by atoms with Crippen LogP contribution in [0.4, 0.5) is 5.69 Å². The minimum atomic E-state index is 0.236. The maximum atomic E-state index is 10.9. The highest BCUT2D eigenvalue weighted by Gasteiger charge is 2.36. The Kier molecular flexibility index (Phi) is 5.05. The van der Waals surface area contributed by atoms with Gasteiger partial charge in [-0.2, -0.15) is 0 Å². The molecule has 0 bridgehead atoms. The SMILES string of the molecule is COc1cc2c(cc1OC)[C@@H]1CN(C)CC[C@@H]1N=C2c1cccc(NC=O)c1. The fourth-order valence-corrected chi connectivity index (χ4v) is 4.26. The summed E-state index contributed by atoms with van der Waals surface area (Å²) in [6.45, 7) is 2.00. The molecule has 28 heavy (non-hydrogen) atoms. The van der Waals surface area contributed by atoms with Crippen LogP contribution in [0.3, 0.4) is 0 Å². The molecule has 0 saturated carbocycles. The van der Waals surface area contributed by atoms with Crippen LogP contribution in [-0.4, -0.2) is 57.4 Å². The summed E-state index contributed by atoms with van der Waals surface area (Å²) in [7, 11) is 5.47. The molecule has 1 amide bonds. The normalized spacial score (nSPS) is 21.2. The molecular weight excluding hydrogens is 354 g/mol. The van der Waals surface area contributed by atoms with E-state index in [4.69, 9.17) is 14.5 Å². The Morgan fingerprint density at radius 1 is 1.18 bits per heavy atom. The molecule has 6 heteroatoms. The number of benzene rings is 2. The number of carbonyl (C=O) groups excluding carboxylic acids is 1.